The summed E-state index contributed by atoms with van der Waals surface area (Å²) in [6, 6.07) is 20.2. The Hall–Kier alpha value is -2.73. The third-order valence-corrected chi connectivity index (χ3v) is 4.45. The minimum atomic E-state index is 0.749. The Morgan fingerprint density at radius 1 is 1.00 bits per heavy atom. The van der Waals surface area contributed by atoms with Crippen molar-refractivity contribution in [1.29, 1.82) is 0 Å². The number of tetrazole rings is 1. The Balaban J connectivity index is 1.74. The highest BCUT2D eigenvalue weighted by Gasteiger charge is 2.19. The molecule has 0 spiro atoms. The first-order chi connectivity index (χ1) is 11.3. The minimum Gasteiger partial charge on any atom is -0.241 e. The normalized spacial score (nSPS) is 11.0. The van der Waals surface area contributed by atoms with Crippen LogP contribution in [0.1, 0.15) is 5.56 Å². The van der Waals surface area contributed by atoms with Crippen LogP contribution in [-0.4, -0.2) is 20.5 Å². The number of nitrogens with one attached hydrogen (secondary N) is 1. The van der Waals surface area contributed by atoms with Gasteiger partial charge in [0.05, 0.1) is 5.52 Å². The van der Waals surface area contributed by atoms with Gasteiger partial charge in [-0.25, -0.2) is 4.98 Å². The van der Waals surface area contributed by atoms with Crippen molar-refractivity contribution in [2.24, 2.45) is 0 Å². The van der Waals surface area contributed by atoms with Crippen molar-refractivity contribution in [2.75, 3.05) is 0 Å². The molecule has 0 bridgehead atoms. The van der Waals surface area contributed by atoms with Gasteiger partial charge in [0.25, 0.3) is 0 Å². The maximum Gasteiger partial charge on any atom is 0.371 e. The van der Waals surface area contributed by atoms with Gasteiger partial charge < -0.3 is 0 Å². The predicted octanol–water partition coefficient (Wildman–Crippen LogP) is 3.09. The van der Waals surface area contributed by atoms with Crippen molar-refractivity contribution in [2.45, 2.75) is 17.1 Å². The standard InChI is InChI=1S/C17H13N5S/c1-12-11-16(18-15-10-6-5-9-14(12)15)23-17-19-20-21-22(17)13-7-3-2-4-8-13/h2-11H,1H3/p+1. The maximum absolute atomic E-state index is 4.71. The molecule has 2 heterocycles. The van der Waals surface area contributed by atoms with Crippen LogP contribution in [0.2, 0.25) is 0 Å². The molecule has 2 aromatic heterocycles. The fourth-order valence-corrected chi connectivity index (χ4v) is 3.36. The van der Waals surface area contributed by atoms with E-state index in [0.29, 0.717) is 0 Å². The summed E-state index contributed by atoms with van der Waals surface area (Å²) in [5.41, 5.74) is 3.18. The van der Waals surface area contributed by atoms with E-state index in [1.165, 1.54) is 22.7 Å². The second-order valence-corrected chi connectivity index (χ2v) is 6.14. The first-order valence-electron chi connectivity index (χ1n) is 7.24. The van der Waals surface area contributed by atoms with Gasteiger partial charge in [0, 0.05) is 17.1 Å². The molecule has 23 heavy (non-hydrogen) atoms. The third-order valence-electron chi connectivity index (χ3n) is 3.58. The van der Waals surface area contributed by atoms with Crippen LogP contribution in [0.4, 0.5) is 0 Å². The van der Waals surface area contributed by atoms with E-state index in [2.05, 4.69) is 34.6 Å². The number of H-pyrrole nitrogens is 1. The molecule has 0 aliphatic carbocycles. The molecular weight excluding hydrogens is 306 g/mol. The number of fused-ring (bicyclic) bond motifs is 1. The lowest BCUT2D eigenvalue weighted by Crippen LogP contribution is -2.34. The van der Waals surface area contributed by atoms with Crippen LogP contribution in [0, 0.1) is 6.92 Å². The number of para-hydroxylation sites is 2. The molecule has 4 rings (SSSR count). The van der Waals surface area contributed by atoms with E-state index in [1.54, 1.807) is 0 Å². The highest BCUT2D eigenvalue weighted by molar-refractivity contribution is 7.99. The summed E-state index contributed by atoms with van der Waals surface area (Å²) in [6.45, 7) is 2.10. The largest absolute Gasteiger partial charge is 0.371 e. The highest BCUT2D eigenvalue weighted by Crippen LogP contribution is 2.26. The molecule has 0 aliphatic heterocycles. The highest BCUT2D eigenvalue weighted by atomic mass is 32.2. The molecule has 0 fully saturated rings. The summed E-state index contributed by atoms with van der Waals surface area (Å²) in [4.78, 5) is 4.71. The van der Waals surface area contributed by atoms with Crippen molar-refractivity contribution < 1.29 is 4.68 Å². The van der Waals surface area contributed by atoms with Crippen molar-refractivity contribution in [3.8, 4) is 5.69 Å². The minimum absolute atomic E-state index is 0.749. The quantitative estimate of drug-likeness (QED) is 0.589. The van der Waals surface area contributed by atoms with Crippen LogP contribution in [0.25, 0.3) is 16.6 Å². The van der Waals surface area contributed by atoms with Crippen molar-refractivity contribution >= 4 is 22.7 Å². The van der Waals surface area contributed by atoms with Gasteiger partial charge in [-0.2, -0.15) is 0 Å². The maximum atomic E-state index is 4.71. The number of aromatic nitrogens is 5. The summed E-state index contributed by atoms with van der Waals surface area (Å²) < 4.78 is 1.84. The Labute approximate surface area is 137 Å². The molecule has 112 valence electrons. The molecule has 0 amide bonds. The molecule has 0 radical (unpaired) electrons. The molecule has 6 heteroatoms. The zero-order valence-corrected chi connectivity index (χ0v) is 13.3. The summed E-state index contributed by atoms with van der Waals surface area (Å²) in [5, 5.41) is 13.8. The van der Waals surface area contributed by atoms with E-state index in [9.17, 15) is 0 Å². The molecule has 0 unspecified atom stereocenters. The van der Waals surface area contributed by atoms with E-state index in [-0.39, 0.29) is 0 Å². The van der Waals surface area contributed by atoms with Crippen molar-refractivity contribution in [3.63, 3.8) is 0 Å². The lowest BCUT2D eigenvalue weighted by molar-refractivity contribution is -0.697. The van der Waals surface area contributed by atoms with Gasteiger partial charge in [0.1, 0.15) is 15.8 Å². The number of aryl methyl sites for hydroxylation is 1. The molecule has 2 aromatic carbocycles. The van der Waals surface area contributed by atoms with Gasteiger partial charge in [0.15, 0.2) is 5.21 Å². The fourth-order valence-electron chi connectivity index (χ4n) is 2.47. The van der Waals surface area contributed by atoms with E-state index in [4.69, 9.17) is 4.98 Å². The summed E-state index contributed by atoms with van der Waals surface area (Å²) in [5.74, 6) is 0. The van der Waals surface area contributed by atoms with Crippen LogP contribution in [0.5, 0.6) is 0 Å². The van der Waals surface area contributed by atoms with Crippen LogP contribution in [-0.2, 0) is 0 Å². The van der Waals surface area contributed by atoms with E-state index < -0.39 is 0 Å². The third kappa shape index (κ3) is 2.68. The Kier molecular flexibility index (Phi) is 3.51. The monoisotopic (exact) mass is 320 g/mol. The Morgan fingerprint density at radius 3 is 2.65 bits per heavy atom. The number of hydrogen-bond donors (Lipinski definition) is 1. The molecule has 5 nitrogen and oxygen atoms in total. The lowest BCUT2D eigenvalue weighted by Gasteiger charge is -2.04. The van der Waals surface area contributed by atoms with Gasteiger partial charge in [-0.3, -0.25) is 0 Å². The number of hydrogen-bond acceptors (Lipinski definition) is 4. The van der Waals surface area contributed by atoms with Gasteiger partial charge >= 0.3 is 5.16 Å². The molecule has 0 aliphatic rings. The smallest absolute Gasteiger partial charge is 0.241 e. The number of aromatic amines is 1. The van der Waals surface area contributed by atoms with Crippen molar-refractivity contribution in [3.05, 3.63) is 66.2 Å². The summed E-state index contributed by atoms with van der Waals surface area (Å²) in [6.07, 6.45) is 0. The number of rotatable bonds is 3. The van der Waals surface area contributed by atoms with Gasteiger partial charge in [-0.05, 0) is 36.8 Å². The average molecular weight is 320 g/mol. The first-order valence-corrected chi connectivity index (χ1v) is 8.06. The van der Waals surface area contributed by atoms with E-state index in [0.717, 1.165) is 21.4 Å². The van der Waals surface area contributed by atoms with Gasteiger partial charge in [-0.15, -0.1) is 4.68 Å². The van der Waals surface area contributed by atoms with Crippen LogP contribution in [0.15, 0.2) is 70.8 Å². The fraction of sp³-hybridized carbons (Fsp3) is 0.0588. The molecule has 0 atom stereocenters. The summed E-state index contributed by atoms with van der Waals surface area (Å²) >= 11 is 1.49. The second kappa shape index (κ2) is 5.81. The van der Waals surface area contributed by atoms with Gasteiger partial charge in [0.2, 0.25) is 0 Å². The van der Waals surface area contributed by atoms with Crippen LogP contribution >= 0.6 is 11.8 Å². The first kappa shape index (κ1) is 13.9. The molecule has 1 N–H and O–H groups in total. The molecular formula is C17H14N5S+. The number of pyridine rings is 1. The molecule has 0 saturated heterocycles. The average Bonchev–Trinajstić information content (AvgIpc) is 3.04. The van der Waals surface area contributed by atoms with E-state index in [1.807, 2.05) is 53.2 Å². The SMILES string of the molecule is Cc1cc(Sc2nn[nH][n+]2-c2ccccc2)nc2ccccc12. The zero-order valence-electron chi connectivity index (χ0n) is 12.5. The Bertz CT molecular complexity index is 965. The predicted molar refractivity (Wildman–Crippen MR) is 88.5 cm³/mol. The van der Waals surface area contributed by atoms with Crippen LogP contribution in [0.3, 0.4) is 0 Å². The second-order valence-electron chi connectivity index (χ2n) is 5.15. The number of nitrogens with zero attached hydrogens (tertiary/aromatic N) is 4. The zero-order chi connectivity index (χ0) is 15.6. The molecule has 0 saturated carbocycles. The van der Waals surface area contributed by atoms with Crippen LogP contribution < -0.4 is 4.68 Å². The van der Waals surface area contributed by atoms with Gasteiger partial charge in [-0.1, -0.05) is 41.6 Å². The van der Waals surface area contributed by atoms with E-state index >= 15 is 0 Å². The number of benzene rings is 2. The summed E-state index contributed by atoms with van der Waals surface area (Å²) in [7, 11) is 0. The Morgan fingerprint density at radius 2 is 1.78 bits per heavy atom. The topological polar surface area (TPSA) is 58.3 Å². The van der Waals surface area contributed by atoms with Crippen molar-refractivity contribution in [1.82, 2.24) is 20.5 Å². The molecule has 4 aromatic rings. The lowest BCUT2D eigenvalue weighted by atomic mass is 10.1.